The number of anilines is 1. The first-order chi connectivity index (χ1) is 7.36. The summed E-state index contributed by atoms with van der Waals surface area (Å²) < 4.78 is 0.943. The van der Waals surface area contributed by atoms with Crippen LogP contribution in [0, 0.1) is 0 Å². The monoisotopic (exact) mass is 269 g/mol. The lowest BCUT2D eigenvalue weighted by atomic mass is 10.1. The third kappa shape index (κ3) is 3.16. The van der Waals surface area contributed by atoms with Crippen LogP contribution >= 0.6 is 15.9 Å². The largest absolute Gasteiger partial charge is 0.341 e. The molecule has 0 bridgehead atoms. The van der Waals surface area contributed by atoms with Gasteiger partial charge in [-0.3, -0.25) is 0 Å². The molecule has 0 spiro atoms. The molecular weight excluding hydrogens is 254 g/mol. The molecule has 82 valence electrons. The zero-order chi connectivity index (χ0) is 10.5. The maximum atomic E-state index is 4.34. The van der Waals surface area contributed by atoms with Gasteiger partial charge in [-0.15, -0.1) is 0 Å². The van der Waals surface area contributed by atoms with Gasteiger partial charge in [0.05, 0.1) is 4.47 Å². The average Bonchev–Trinajstić information content (AvgIpc) is 2.19. The summed E-state index contributed by atoms with van der Waals surface area (Å²) >= 11 is 3.35. The van der Waals surface area contributed by atoms with E-state index in [1.54, 1.807) is 0 Å². The normalized spacial score (nSPS) is 18.3. The molecule has 0 saturated carbocycles. The van der Waals surface area contributed by atoms with Crippen molar-refractivity contribution in [1.82, 2.24) is 9.97 Å². The number of hydrogen-bond acceptors (Lipinski definition) is 3. The molecule has 1 aliphatic heterocycles. The summed E-state index contributed by atoms with van der Waals surface area (Å²) in [5, 5.41) is 0. The predicted octanol–water partition coefficient (Wildman–Crippen LogP) is 3.01. The predicted molar refractivity (Wildman–Crippen MR) is 65.0 cm³/mol. The first kappa shape index (κ1) is 10.9. The van der Waals surface area contributed by atoms with Crippen molar-refractivity contribution in [2.24, 2.45) is 0 Å². The van der Waals surface area contributed by atoms with E-state index in [2.05, 4.69) is 30.8 Å². The zero-order valence-corrected chi connectivity index (χ0v) is 10.4. The molecule has 1 fully saturated rings. The Morgan fingerprint density at radius 3 is 2.07 bits per heavy atom. The van der Waals surface area contributed by atoms with Gasteiger partial charge in [0, 0.05) is 25.5 Å². The molecule has 0 unspecified atom stereocenters. The molecule has 4 heteroatoms. The maximum Gasteiger partial charge on any atom is 0.225 e. The van der Waals surface area contributed by atoms with Gasteiger partial charge in [-0.2, -0.15) is 0 Å². The van der Waals surface area contributed by atoms with Crippen LogP contribution in [0.25, 0.3) is 0 Å². The number of rotatable bonds is 1. The molecule has 1 saturated heterocycles. The van der Waals surface area contributed by atoms with Gasteiger partial charge < -0.3 is 4.90 Å². The Balaban J connectivity index is 2.03. The summed E-state index contributed by atoms with van der Waals surface area (Å²) in [6.45, 7) is 2.20. The summed E-state index contributed by atoms with van der Waals surface area (Å²) in [5.41, 5.74) is 0. The summed E-state index contributed by atoms with van der Waals surface area (Å²) in [4.78, 5) is 11.0. The van der Waals surface area contributed by atoms with Crippen molar-refractivity contribution in [3.63, 3.8) is 0 Å². The number of halogens is 1. The van der Waals surface area contributed by atoms with Crippen molar-refractivity contribution in [3.05, 3.63) is 16.9 Å². The van der Waals surface area contributed by atoms with E-state index in [0.717, 1.165) is 23.5 Å². The third-order valence-electron chi connectivity index (χ3n) is 2.75. The molecule has 0 N–H and O–H groups in total. The molecule has 2 rings (SSSR count). The van der Waals surface area contributed by atoms with E-state index in [1.165, 1.54) is 32.1 Å². The number of nitrogens with zero attached hydrogens (tertiary/aromatic N) is 3. The molecular formula is C11H16BrN3. The Morgan fingerprint density at radius 1 is 0.933 bits per heavy atom. The molecule has 0 aliphatic carbocycles. The van der Waals surface area contributed by atoms with E-state index in [9.17, 15) is 0 Å². The Hall–Kier alpha value is -0.640. The summed E-state index contributed by atoms with van der Waals surface area (Å²) in [6.07, 6.45) is 10.2. The van der Waals surface area contributed by atoms with Gasteiger partial charge in [-0.1, -0.05) is 19.3 Å². The van der Waals surface area contributed by atoms with E-state index in [1.807, 2.05) is 12.4 Å². The fourth-order valence-corrected chi connectivity index (χ4v) is 2.12. The van der Waals surface area contributed by atoms with Crippen LogP contribution in [0.15, 0.2) is 16.9 Å². The van der Waals surface area contributed by atoms with Crippen molar-refractivity contribution in [1.29, 1.82) is 0 Å². The minimum atomic E-state index is 0.875. The van der Waals surface area contributed by atoms with E-state index >= 15 is 0 Å². The molecule has 0 radical (unpaired) electrons. The van der Waals surface area contributed by atoms with Gasteiger partial charge >= 0.3 is 0 Å². The molecule has 1 aliphatic rings. The first-order valence-electron chi connectivity index (χ1n) is 5.59. The Kier molecular flexibility index (Phi) is 3.94. The minimum absolute atomic E-state index is 0.875. The van der Waals surface area contributed by atoms with Crippen molar-refractivity contribution in [2.45, 2.75) is 32.1 Å². The molecule has 0 atom stereocenters. The fraction of sp³-hybridized carbons (Fsp3) is 0.636. The summed E-state index contributed by atoms with van der Waals surface area (Å²) in [6, 6.07) is 0. The van der Waals surface area contributed by atoms with E-state index < -0.39 is 0 Å². The van der Waals surface area contributed by atoms with Gasteiger partial charge in [0.2, 0.25) is 5.95 Å². The Bertz CT molecular complexity index is 291. The highest BCUT2D eigenvalue weighted by molar-refractivity contribution is 9.10. The van der Waals surface area contributed by atoms with Gasteiger partial charge in [0.25, 0.3) is 0 Å². The van der Waals surface area contributed by atoms with Gasteiger partial charge in [-0.05, 0) is 28.8 Å². The van der Waals surface area contributed by atoms with Crippen LogP contribution in [0.4, 0.5) is 5.95 Å². The minimum Gasteiger partial charge on any atom is -0.341 e. The highest BCUT2D eigenvalue weighted by Crippen LogP contribution is 2.16. The SMILES string of the molecule is Brc1cnc(N2CCCCCCC2)nc1. The lowest BCUT2D eigenvalue weighted by molar-refractivity contribution is 0.550. The van der Waals surface area contributed by atoms with Crippen LogP contribution in [0.3, 0.4) is 0 Å². The van der Waals surface area contributed by atoms with Crippen LogP contribution in [-0.2, 0) is 0 Å². The highest BCUT2D eigenvalue weighted by atomic mass is 79.9. The van der Waals surface area contributed by atoms with Gasteiger partial charge in [0.1, 0.15) is 0 Å². The molecule has 2 heterocycles. The second kappa shape index (κ2) is 5.45. The second-order valence-corrected chi connectivity index (χ2v) is 4.87. The zero-order valence-electron chi connectivity index (χ0n) is 8.82. The Labute approximate surface area is 99.0 Å². The van der Waals surface area contributed by atoms with Crippen LogP contribution in [-0.4, -0.2) is 23.1 Å². The molecule has 1 aromatic heterocycles. The summed E-state index contributed by atoms with van der Waals surface area (Å²) in [5.74, 6) is 0.875. The van der Waals surface area contributed by atoms with Crippen molar-refractivity contribution in [3.8, 4) is 0 Å². The fourth-order valence-electron chi connectivity index (χ4n) is 1.92. The second-order valence-electron chi connectivity index (χ2n) is 3.96. The standard InChI is InChI=1S/C11H16BrN3/c12-10-8-13-11(14-9-10)15-6-4-2-1-3-5-7-15/h8-9H,1-7H2. The maximum absolute atomic E-state index is 4.34. The number of aromatic nitrogens is 2. The van der Waals surface area contributed by atoms with Crippen LogP contribution < -0.4 is 4.90 Å². The van der Waals surface area contributed by atoms with Gasteiger partial charge in [-0.25, -0.2) is 9.97 Å². The quantitative estimate of drug-likeness (QED) is 0.785. The van der Waals surface area contributed by atoms with E-state index in [4.69, 9.17) is 0 Å². The molecule has 0 aromatic carbocycles. The highest BCUT2D eigenvalue weighted by Gasteiger charge is 2.10. The Morgan fingerprint density at radius 2 is 1.47 bits per heavy atom. The third-order valence-corrected chi connectivity index (χ3v) is 3.16. The molecule has 0 amide bonds. The lowest BCUT2D eigenvalue weighted by Crippen LogP contribution is -2.28. The molecule has 15 heavy (non-hydrogen) atoms. The lowest BCUT2D eigenvalue weighted by Gasteiger charge is -2.24. The molecule has 1 aromatic rings. The number of hydrogen-bond donors (Lipinski definition) is 0. The van der Waals surface area contributed by atoms with Crippen molar-refractivity contribution in [2.75, 3.05) is 18.0 Å². The van der Waals surface area contributed by atoms with Crippen molar-refractivity contribution < 1.29 is 0 Å². The topological polar surface area (TPSA) is 29.0 Å². The van der Waals surface area contributed by atoms with Crippen molar-refractivity contribution >= 4 is 21.9 Å². The van der Waals surface area contributed by atoms with Gasteiger partial charge in [0.15, 0.2) is 0 Å². The summed E-state index contributed by atoms with van der Waals surface area (Å²) in [7, 11) is 0. The van der Waals surface area contributed by atoms with E-state index in [-0.39, 0.29) is 0 Å². The van der Waals surface area contributed by atoms with E-state index in [0.29, 0.717) is 0 Å². The van der Waals surface area contributed by atoms with Crippen LogP contribution in [0.2, 0.25) is 0 Å². The van der Waals surface area contributed by atoms with Crippen LogP contribution in [0.5, 0.6) is 0 Å². The van der Waals surface area contributed by atoms with Crippen LogP contribution in [0.1, 0.15) is 32.1 Å². The first-order valence-corrected chi connectivity index (χ1v) is 6.38. The average molecular weight is 270 g/mol. The smallest absolute Gasteiger partial charge is 0.225 e. The molecule has 3 nitrogen and oxygen atoms in total.